The maximum atomic E-state index is 11.4. The molecule has 0 fully saturated rings. The van der Waals surface area contributed by atoms with E-state index < -0.39 is 5.69 Å². The molecule has 118 valence electrons. The van der Waals surface area contributed by atoms with Gasteiger partial charge in [0.25, 0.3) is 0 Å². The zero-order valence-electron chi connectivity index (χ0n) is 11.2. The van der Waals surface area contributed by atoms with E-state index in [0.29, 0.717) is 16.8 Å². The summed E-state index contributed by atoms with van der Waals surface area (Å²) in [6.07, 6.45) is 0. The summed E-state index contributed by atoms with van der Waals surface area (Å²) >= 11 is 0. The highest BCUT2D eigenvalue weighted by Crippen LogP contribution is 2.19. The number of aromatic nitrogens is 3. The minimum absolute atomic E-state index is 0.00892. The van der Waals surface area contributed by atoms with Crippen molar-refractivity contribution in [1.82, 2.24) is 15.0 Å². The number of hydrogen-bond donors (Lipinski definition) is 6. The van der Waals surface area contributed by atoms with Gasteiger partial charge in [0.2, 0.25) is 11.9 Å². The number of benzene rings is 1. The predicted molar refractivity (Wildman–Crippen MR) is 75.0 cm³/mol. The average molecular weight is 310 g/mol. The third-order valence-electron chi connectivity index (χ3n) is 2.56. The SMILES string of the molecule is NNc1nc(Nc2cc(COO)cc(COO)c2)nc(=O)[nH]1. The fourth-order valence-corrected chi connectivity index (χ4v) is 1.79. The van der Waals surface area contributed by atoms with Gasteiger partial charge in [-0.15, -0.1) is 0 Å². The Morgan fingerprint density at radius 1 is 1.14 bits per heavy atom. The second kappa shape index (κ2) is 7.44. The van der Waals surface area contributed by atoms with E-state index in [1.165, 1.54) is 0 Å². The number of anilines is 3. The number of aromatic amines is 1. The molecule has 0 amide bonds. The first-order valence-electron chi connectivity index (χ1n) is 6.02. The second-order valence-electron chi connectivity index (χ2n) is 4.18. The summed E-state index contributed by atoms with van der Waals surface area (Å²) in [6, 6.07) is 4.93. The Bertz CT molecular complexity index is 667. The molecule has 1 aromatic heterocycles. The van der Waals surface area contributed by atoms with Crippen molar-refractivity contribution in [1.29, 1.82) is 0 Å². The van der Waals surface area contributed by atoms with Crippen LogP contribution in [0, 0.1) is 0 Å². The summed E-state index contributed by atoms with van der Waals surface area (Å²) in [4.78, 5) is 29.4. The number of nitrogens with two attached hydrogens (primary N) is 1. The van der Waals surface area contributed by atoms with Crippen molar-refractivity contribution < 1.29 is 20.3 Å². The first kappa shape index (κ1) is 15.8. The maximum absolute atomic E-state index is 11.4. The molecule has 1 heterocycles. The van der Waals surface area contributed by atoms with Crippen LogP contribution in [-0.2, 0) is 23.0 Å². The minimum atomic E-state index is -0.640. The van der Waals surface area contributed by atoms with E-state index in [1.807, 2.05) is 0 Å². The summed E-state index contributed by atoms with van der Waals surface area (Å²) in [5.74, 6) is 5.23. The predicted octanol–water partition coefficient (Wildman–Crippen LogP) is 0.173. The minimum Gasteiger partial charge on any atom is -0.324 e. The fraction of sp³-hybridized carbons (Fsp3) is 0.182. The number of H-pyrrole nitrogens is 1. The lowest BCUT2D eigenvalue weighted by Crippen LogP contribution is -2.20. The molecule has 22 heavy (non-hydrogen) atoms. The van der Waals surface area contributed by atoms with Crippen molar-refractivity contribution in [2.45, 2.75) is 13.2 Å². The Hall–Kier alpha value is -2.57. The zero-order chi connectivity index (χ0) is 15.9. The molecule has 0 radical (unpaired) electrons. The third-order valence-corrected chi connectivity index (χ3v) is 2.56. The lowest BCUT2D eigenvalue weighted by Gasteiger charge is -2.10. The molecule has 1 aromatic carbocycles. The number of nitrogens with zero attached hydrogens (tertiary/aromatic N) is 2. The van der Waals surface area contributed by atoms with Gasteiger partial charge in [0.15, 0.2) is 0 Å². The van der Waals surface area contributed by atoms with Gasteiger partial charge in [0.1, 0.15) is 13.2 Å². The van der Waals surface area contributed by atoms with Gasteiger partial charge in [-0.3, -0.25) is 20.9 Å². The largest absolute Gasteiger partial charge is 0.351 e. The lowest BCUT2D eigenvalue weighted by molar-refractivity contribution is -0.254. The van der Waals surface area contributed by atoms with Gasteiger partial charge in [-0.05, 0) is 23.3 Å². The summed E-state index contributed by atoms with van der Waals surface area (Å²) < 4.78 is 0. The molecular weight excluding hydrogens is 296 g/mol. The molecule has 0 bridgehead atoms. The van der Waals surface area contributed by atoms with Crippen LogP contribution in [0.25, 0.3) is 0 Å². The molecule has 0 aliphatic heterocycles. The van der Waals surface area contributed by atoms with Gasteiger partial charge >= 0.3 is 5.69 Å². The summed E-state index contributed by atoms with van der Waals surface area (Å²) in [5, 5.41) is 19.9. The van der Waals surface area contributed by atoms with E-state index in [1.54, 1.807) is 18.2 Å². The Morgan fingerprint density at radius 3 is 2.32 bits per heavy atom. The van der Waals surface area contributed by atoms with E-state index in [-0.39, 0.29) is 25.1 Å². The molecule has 11 heteroatoms. The van der Waals surface area contributed by atoms with Crippen LogP contribution in [0.15, 0.2) is 23.0 Å². The Balaban J connectivity index is 2.31. The Labute approximate surface area is 123 Å². The van der Waals surface area contributed by atoms with Gasteiger partial charge in [0, 0.05) is 5.69 Å². The van der Waals surface area contributed by atoms with Crippen molar-refractivity contribution >= 4 is 17.6 Å². The van der Waals surface area contributed by atoms with Crippen molar-refractivity contribution in [3.05, 3.63) is 39.8 Å². The van der Waals surface area contributed by atoms with E-state index >= 15 is 0 Å². The molecule has 0 aliphatic carbocycles. The Morgan fingerprint density at radius 2 is 1.77 bits per heavy atom. The number of hydrogen-bond acceptors (Lipinski definition) is 10. The number of rotatable bonds is 7. The van der Waals surface area contributed by atoms with E-state index in [0.717, 1.165) is 0 Å². The first-order valence-corrected chi connectivity index (χ1v) is 6.02. The van der Waals surface area contributed by atoms with Crippen LogP contribution >= 0.6 is 0 Å². The molecule has 0 spiro atoms. The van der Waals surface area contributed by atoms with Crippen LogP contribution in [0.2, 0.25) is 0 Å². The molecule has 0 saturated heterocycles. The lowest BCUT2D eigenvalue weighted by atomic mass is 10.1. The van der Waals surface area contributed by atoms with Gasteiger partial charge in [-0.2, -0.15) is 9.97 Å². The van der Waals surface area contributed by atoms with E-state index in [4.69, 9.17) is 16.4 Å². The molecular formula is C11H14N6O5. The molecule has 2 rings (SSSR count). The molecule has 7 N–H and O–H groups in total. The van der Waals surface area contributed by atoms with E-state index in [9.17, 15) is 4.79 Å². The van der Waals surface area contributed by atoms with Crippen molar-refractivity contribution in [2.24, 2.45) is 5.84 Å². The molecule has 11 nitrogen and oxygen atoms in total. The van der Waals surface area contributed by atoms with Gasteiger partial charge < -0.3 is 5.32 Å². The summed E-state index contributed by atoms with van der Waals surface area (Å²) in [5.41, 5.74) is 3.26. The number of hydrazine groups is 1. The van der Waals surface area contributed by atoms with Crippen molar-refractivity contribution in [3.8, 4) is 0 Å². The Kier molecular flexibility index (Phi) is 5.35. The van der Waals surface area contributed by atoms with Gasteiger partial charge in [0.05, 0.1) is 0 Å². The fourth-order valence-electron chi connectivity index (χ4n) is 1.79. The standard InChI is InChI=1S/C11H14N6O5/c12-17-10-14-9(15-11(18)16-10)13-8-2-6(4-21-19)1-7(3-8)5-22-20/h1-3,19-20H,4-5,12H2,(H3,13,14,15,16,17,18). The molecule has 0 saturated carbocycles. The third kappa shape index (κ3) is 4.21. The quantitative estimate of drug-likeness (QED) is 0.235. The second-order valence-corrected chi connectivity index (χ2v) is 4.18. The highest BCUT2D eigenvalue weighted by molar-refractivity contribution is 5.56. The summed E-state index contributed by atoms with van der Waals surface area (Å²) in [6.45, 7) is -0.139. The number of nitrogen functional groups attached to an aromatic ring is 1. The van der Waals surface area contributed by atoms with Gasteiger partial charge in [-0.25, -0.2) is 20.4 Å². The monoisotopic (exact) mass is 310 g/mol. The van der Waals surface area contributed by atoms with Crippen LogP contribution in [0.3, 0.4) is 0 Å². The number of nitrogens with one attached hydrogen (secondary N) is 3. The average Bonchev–Trinajstić information content (AvgIpc) is 2.47. The molecule has 2 aromatic rings. The summed E-state index contributed by atoms with van der Waals surface area (Å²) in [7, 11) is 0. The molecule has 0 atom stereocenters. The highest BCUT2D eigenvalue weighted by Gasteiger charge is 2.06. The van der Waals surface area contributed by atoms with Crippen molar-refractivity contribution in [2.75, 3.05) is 10.7 Å². The maximum Gasteiger partial charge on any atom is 0.351 e. The van der Waals surface area contributed by atoms with Crippen LogP contribution in [0.5, 0.6) is 0 Å². The molecule has 0 aliphatic rings. The molecule has 0 unspecified atom stereocenters. The van der Waals surface area contributed by atoms with Crippen LogP contribution in [0.1, 0.15) is 11.1 Å². The normalized spacial score (nSPS) is 10.5. The highest BCUT2D eigenvalue weighted by atomic mass is 17.1. The van der Waals surface area contributed by atoms with Crippen LogP contribution in [-0.4, -0.2) is 25.5 Å². The van der Waals surface area contributed by atoms with Crippen LogP contribution in [0.4, 0.5) is 17.6 Å². The smallest absolute Gasteiger partial charge is 0.324 e. The zero-order valence-corrected chi connectivity index (χ0v) is 11.2. The van der Waals surface area contributed by atoms with Crippen LogP contribution < -0.4 is 22.3 Å². The topological polar surface area (TPSA) is 168 Å². The van der Waals surface area contributed by atoms with Gasteiger partial charge in [-0.1, -0.05) is 6.07 Å². The van der Waals surface area contributed by atoms with Crippen molar-refractivity contribution in [3.63, 3.8) is 0 Å². The van der Waals surface area contributed by atoms with E-state index in [2.05, 4.69) is 35.5 Å². The first-order chi connectivity index (χ1) is 10.6.